The predicted octanol–water partition coefficient (Wildman–Crippen LogP) is 8.97. The molecule has 7 aromatic carbocycles. The molecular formula is C46H29N3SSi. The van der Waals surface area contributed by atoms with Gasteiger partial charge in [-0.15, -0.1) is 11.3 Å². The minimum atomic E-state index is -2.90. The Bertz CT molecular complexity index is 2930. The quantitative estimate of drug-likeness (QED) is 0.174. The van der Waals surface area contributed by atoms with E-state index in [4.69, 9.17) is 9.97 Å². The van der Waals surface area contributed by atoms with E-state index in [0.29, 0.717) is 5.95 Å². The second-order valence-corrected chi connectivity index (χ2v) is 18.0. The van der Waals surface area contributed by atoms with Crippen molar-refractivity contribution in [3.8, 4) is 28.3 Å². The number of rotatable bonds is 4. The third-order valence-corrected chi connectivity index (χ3v) is 16.6. The van der Waals surface area contributed by atoms with Crippen molar-refractivity contribution in [3.05, 3.63) is 176 Å². The van der Waals surface area contributed by atoms with Crippen LogP contribution in [0.1, 0.15) is 0 Å². The summed E-state index contributed by atoms with van der Waals surface area (Å²) in [6.07, 6.45) is 0. The van der Waals surface area contributed by atoms with Crippen LogP contribution in [0.4, 0.5) is 0 Å². The fourth-order valence-corrected chi connectivity index (χ4v) is 14.9. The molecule has 0 saturated carbocycles. The van der Waals surface area contributed by atoms with Crippen molar-refractivity contribution in [3.63, 3.8) is 0 Å². The Balaban J connectivity index is 1.32. The van der Waals surface area contributed by atoms with Crippen LogP contribution in [0.15, 0.2) is 176 Å². The van der Waals surface area contributed by atoms with E-state index in [-0.39, 0.29) is 0 Å². The molecule has 3 aromatic heterocycles. The molecule has 0 atom stereocenters. The van der Waals surface area contributed by atoms with Crippen molar-refractivity contribution in [2.45, 2.75) is 0 Å². The number of aromatic nitrogens is 3. The van der Waals surface area contributed by atoms with E-state index < -0.39 is 8.07 Å². The number of fused-ring (bicyclic) bond motifs is 10. The lowest BCUT2D eigenvalue weighted by Crippen LogP contribution is -2.73. The Morgan fingerprint density at radius 3 is 1.88 bits per heavy atom. The molecule has 0 spiro atoms. The number of para-hydroxylation sites is 1. The normalized spacial score (nSPS) is 13.3. The van der Waals surface area contributed by atoms with Gasteiger partial charge in [0.1, 0.15) is 0 Å². The summed E-state index contributed by atoms with van der Waals surface area (Å²) in [6.45, 7) is 0. The standard InChI is InChI=1S/C46H29N3SSi/c1-4-16-30(17-5-1)43-42-36-24-12-15-27-40(36)51(31-18-6-2-7-19-31,32-20-8-3-9-21-32)45(42)48-46(47-43)49-37-25-13-10-23-35(37)41-38(49)29-28-34-33-22-11-14-26-39(33)50-44(34)41/h1-29H. The molecule has 0 aliphatic carbocycles. The van der Waals surface area contributed by atoms with Crippen LogP contribution in [-0.4, -0.2) is 22.6 Å². The Hall–Kier alpha value is -6.14. The van der Waals surface area contributed by atoms with Crippen molar-refractivity contribution in [1.82, 2.24) is 14.5 Å². The van der Waals surface area contributed by atoms with Crippen LogP contribution in [0.3, 0.4) is 0 Å². The van der Waals surface area contributed by atoms with Gasteiger partial charge in [-0.25, -0.2) is 9.97 Å². The van der Waals surface area contributed by atoms with Gasteiger partial charge in [-0.2, -0.15) is 0 Å². The average molecular weight is 684 g/mol. The summed E-state index contributed by atoms with van der Waals surface area (Å²) in [5.74, 6) is 0.704. The van der Waals surface area contributed by atoms with Crippen LogP contribution in [0.2, 0.25) is 0 Å². The molecule has 0 bridgehead atoms. The van der Waals surface area contributed by atoms with Crippen molar-refractivity contribution < 1.29 is 0 Å². The molecule has 0 N–H and O–H groups in total. The van der Waals surface area contributed by atoms with E-state index in [9.17, 15) is 0 Å². The summed E-state index contributed by atoms with van der Waals surface area (Å²) in [5.41, 5.74) is 6.66. The number of hydrogen-bond donors (Lipinski definition) is 0. The SMILES string of the molecule is c1ccc(-c2nc(-n3c4ccccc4c4c5sc6ccccc6c5ccc43)nc3c2-c2ccccc2[Si]3(c2ccccc2)c2ccccc2)cc1. The molecule has 0 fully saturated rings. The highest BCUT2D eigenvalue weighted by Crippen LogP contribution is 2.43. The number of nitrogens with zero attached hydrogens (tertiary/aromatic N) is 3. The lowest BCUT2D eigenvalue weighted by molar-refractivity contribution is 1.01. The van der Waals surface area contributed by atoms with Crippen molar-refractivity contribution in [2.75, 3.05) is 0 Å². The van der Waals surface area contributed by atoms with Crippen LogP contribution in [0.25, 0.3) is 70.3 Å². The molecule has 5 heteroatoms. The summed E-state index contributed by atoms with van der Waals surface area (Å²) in [5, 5.41) is 10.2. The Labute approximate surface area is 299 Å². The lowest BCUT2D eigenvalue weighted by atomic mass is 10.0. The fraction of sp³-hybridized carbons (Fsp3) is 0. The second kappa shape index (κ2) is 10.9. The van der Waals surface area contributed by atoms with Crippen molar-refractivity contribution in [2.24, 2.45) is 0 Å². The predicted molar refractivity (Wildman–Crippen MR) is 217 cm³/mol. The zero-order valence-corrected chi connectivity index (χ0v) is 29.3. The topological polar surface area (TPSA) is 30.7 Å². The van der Waals surface area contributed by atoms with Crippen LogP contribution in [0, 0.1) is 0 Å². The molecule has 0 amide bonds. The molecule has 10 aromatic rings. The van der Waals surface area contributed by atoms with Crippen LogP contribution in [-0.2, 0) is 0 Å². The van der Waals surface area contributed by atoms with E-state index in [1.54, 1.807) is 0 Å². The first-order valence-corrected chi connectivity index (χ1v) is 20.2. The first-order valence-electron chi connectivity index (χ1n) is 17.3. The van der Waals surface area contributed by atoms with E-state index in [0.717, 1.165) is 33.2 Å². The summed E-state index contributed by atoms with van der Waals surface area (Å²) >= 11 is 1.87. The minimum absolute atomic E-state index is 0.704. The van der Waals surface area contributed by atoms with E-state index in [1.807, 2.05) is 11.3 Å². The maximum absolute atomic E-state index is 5.84. The highest BCUT2D eigenvalue weighted by atomic mass is 32.1. The zero-order chi connectivity index (χ0) is 33.5. The van der Waals surface area contributed by atoms with E-state index in [1.165, 1.54) is 52.1 Å². The van der Waals surface area contributed by atoms with Gasteiger partial charge in [0.05, 0.1) is 22.0 Å². The first kappa shape index (κ1) is 28.7. The number of thiophene rings is 1. The molecule has 1 aliphatic rings. The average Bonchev–Trinajstić information content (AvgIpc) is 3.85. The third-order valence-electron chi connectivity index (χ3n) is 10.7. The second-order valence-electron chi connectivity index (χ2n) is 13.3. The molecule has 3 nitrogen and oxygen atoms in total. The van der Waals surface area contributed by atoms with Gasteiger partial charge in [0.2, 0.25) is 14.0 Å². The van der Waals surface area contributed by atoms with Gasteiger partial charge in [0.25, 0.3) is 0 Å². The fourth-order valence-electron chi connectivity index (χ4n) is 8.61. The molecule has 0 saturated heterocycles. The molecule has 0 radical (unpaired) electrons. The molecular weight excluding hydrogens is 655 g/mol. The largest absolute Gasteiger partial charge is 0.278 e. The molecule has 4 heterocycles. The third kappa shape index (κ3) is 3.93. The molecule has 1 aliphatic heterocycles. The van der Waals surface area contributed by atoms with Crippen LogP contribution in [0.5, 0.6) is 0 Å². The van der Waals surface area contributed by atoms with Crippen molar-refractivity contribution in [1.29, 1.82) is 0 Å². The smallest absolute Gasteiger partial charge is 0.235 e. The van der Waals surface area contributed by atoms with Gasteiger partial charge in [-0.05, 0) is 39.3 Å². The van der Waals surface area contributed by atoms with E-state index >= 15 is 0 Å². The monoisotopic (exact) mass is 683 g/mol. The molecule has 0 unspecified atom stereocenters. The maximum Gasteiger partial charge on any atom is 0.235 e. The Morgan fingerprint density at radius 1 is 0.490 bits per heavy atom. The molecule has 238 valence electrons. The van der Waals surface area contributed by atoms with Gasteiger partial charge in [0.15, 0.2) is 0 Å². The number of benzene rings is 7. The zero-order valence-electron chi connectivity index (χ0n) is 27.5. The van der Waals surface area contributed by atoms with Crippen molar-refractivity contribution >= 4 is 82.3 Å². The minimum Gasteiger partial charge on any atom is -0.278 e. The summed E-state index contributed by atoms with van der Waals surface area (Å²) in [6, 6.07) is 63.9. The highest BCUT2D eigenvalue weighted by molar-refractivity contribution is 7.26. The maximum atomic E-state index is 5.84. The summed E-state index contributed by atoms with van der Waals surface area (Å²) in [7, 11) is -2.90. The summed E-state index contributed by atoms with van der Waals surface area (Å²) in [4.78, 5) is 11.5. The Morgan fingerprint density at radius 2 is 1.12 bits per heavy atom. The van der Waals surface area contributed by atoms with Crippen LogP contribution < -0.4 is 20.9 Å². The van der Waals surface area contributed by atoms with Gasteiger partial charge in [-0.3, -0.25) is 4.57 Å². The molecule has 51 heavy (non-hydrogen) atoms. The summed E-state index contributed by atoms with van der Waals surface area (Å²) < 4.78 is 4.92. The number of hydrogen-bond acceptors (Lipinski definition) is 3. The van der Waals surface area contributed by atoms with Gasteiger partial charge < -0.3 is 0 Å². The van der Waals surface area contributed by atoms with E-state index in [2.05, 4.69) is 180 Å². The lowest BCUT2D eigenvalue weighted by Gasteiger charge is -2.30. The van der Waals surface area contributed by atoms with Gasteiger partial charge in [0, 0.05) is 42.1 Å². The van der Waals surface area contributed by atoms with Gasteiger partial charge in [-0.1, -0.05) is 158 Å². The van der Waals surface area contributed by atoms with Gasteiger partial charge >= 0.3 is 0 Å². The van der Waals surface area contributed by atoms with Crippen LogP contribution >= 0.6 is 11.3 Å². The first-order chi connectivity index (χ1) is 25.3. The highest BCUT2D eigenvalue weighted by Gasteiger charge is 2.51. The Kier molecular flexibility index (Phi) is 6.14. The molecule has 11 rings (SSSR count).